The predicted molar refractivity (Wildman–Crippen MR) is 162 cm³/mol. The number of urea groups is 1. The zero-order valence-corrected chi connectivity index (χ0v) is 24.7. The summed E-state index contributed by atoms with van der Waals surface area (Å²) in [6.45, 7) is 3.27. The first kappa shape index (κ1) is 30.8. The number of hydroxylamine groups is 2. The van der Waals surface area contributed by atoms with Crippen molar-refractivity contribution in [2.45, 2.75) is 30.6 Å². The molecule has 0 radical (unpaired) electrons. The van der Waals surface area contributed by atoms with Crippen LogP contribution in [0.15, 0.2) is 108 Å². The summed E-state index contributed by atoms with van der Waals surface area (Å²) < 4.78 is 57.1. The third-order valence-electron chi connectivity index (χ3n) is 6.57. The Kier molecular flexibility index (Phi) is 9.06. The summed E-state index contributed by atoms with van der Waals surface area (Å²) in [4.78, 5) is 25.7. The molecule has 4 aromatic carbocycles. The van der Waals surface area contributed by atoms with Gasteiger partial charge in [-0.3, -0.25) is 4.79 Å². The largest absolute Gasteiger partial charge is 0.348 e. The molecule has 228 valence electrons. The second kappa shape index (κ2) is 12.9. The topological polar surface area (TPSA) is 123 Å². The van der Waals surface area contributed by atoms with Gasteiger partial charge in [0, 0.05) is 16.9 Å². The molecule has 1 aliphatic rings. The number of carbonyl (C=O) groups excluding carboxylic acids is 2. The number of halogens is 1. The third-order valence-corrected chi connectivity index (χ3v) is 7.78. The van der Waals surface area contributed by atoms with E-state index in [1.807, 2.05) is 6.07 Å². The monoisotopic (exact) mass is 619 g/mol. The van der Waals surface area contributed by atoms with Gasteiger partial charge in [0.25, 0.3) is 5.91 Å². The maximum Gasteiger partial charge on any atom is 0.323 e. The van der Waals surface area contributed by atoms with Gasteiger partial charge in [-0.2, -0.15) is 13.5 Å². The van der Waals surface area contributed by atoms with E-state index in [9.17, 15) is 22.4 Å². The Hall–Kier alpha value is -4.62. The predicted octanol–water partition coefficient (Wildman–Crippen LogP) is 6.05. The number of anilines is 2. The molecule has 1 atom stereocenters. The Morgan fingerprint density at radius 1 is 0.886 bits per heavy atom. The average molecular weight is 620 g/mol. The maximum atomic E-state index is 13.6. The fraction of sp³-hybridized carbons (Fsp3) is 0.188. The summed E-state index contributed by atoms with van der Waals surface area (Å²) in [5.74, 6) is -2.09. The first-order chi connectivity index (χ1) is 21.0. The van der Waals surface area contributed by atoms with Crippen LogP contribution in [0.2, 0.25) is 0 Å². The summed E-state index contributed by atoms with van der Waals surface area (Å²) in [6.07, 6.45) is -0.669. The number of nitrogens with one attached hydrogen (secondary N) is 2. The molecule has 0 saturated carbocycles. The van der Waals surface area contributed by atoms with Crippen molar-refractivity contribution in [1.29, 1.82) is 0 Å². The molecular formula is C32H30FN3O7S. The molecular weight excluding hydrogens is 589 g/mol. The van der Waals surface area contributed by atoms with Crippen molar-refractivity contribution in [1.82, 2.24) is 5.06 Å². The molecule has 0 aliphatic carbocycles. The third kappa shape index (κ3) is 7.85. The lowest BCUT2D eigenvalue weighted by Crippen LogP contribution is -2.40. The fourth-order valence-electron chi connectivity index (χ4n) is 4.48. The Labute approximate surface area is 254 Å². The van der Waals surface area contributed by atoms with E-state index >= 15 is 0 Å². The second-order valence-electron chi connectivity index (χ2n) is 10.4. The van der Waals surface area contributed by atoms with Crippen LogP contribution in [0.3, 0.4) is 0 Å². The molecule has 44 heavy (non-hydrogen) atoms. The molecule has 0 spiro atoms. The van der Waals surface area contributed by atoms with Gasteiger partial charge >= 0.3 is 16.1 Å². The van der Waals surface area contributed by atoms with Crippen molar-refractivity contribution in [3.63, 3.8) is 0 Å². The molecule has 0 bridgehead atoms. The molecule has 10 nitrogen and oxygen atoms in total. The number of nitrogens with zero attached hydrogens (tertiary/aromatic N) is 1. The van der Waals surface area contributed by atoms with Gasteiger partial charge in [0.1, 0.15) is 11.9 Å². The van der Waals surface area contributed by atoms with Gasteiger partial charge in [-0.05, 0) is 85.6 Å². The highest BCUT2D eigenvalue weighted by atomic mass is 32.2. The van der Waals surface area contributed by atoms with Crippen LogP contribution in [0.1, 0.15) is 24.2 Å². The molecule has 3 amide bonds. The number of benzene rings is 4. The standard InChI is InChI=1S/C32H30FN3O7S/c1-32(2)41-21-28(42-32)20-36(43-44(39,40)29-10-6-7-24(19-29)22-11-15-25(33)16-12-22)30(37)23-13-17-27(18-14-23)35-31(38)34-26-8-4-3-5-9-26/h3-19,28H,20-21H2,1-2H3,(H2,34,35,38). The van der Waals surface area contributed by atoms with E-state index in [2.05, 4.69) is 10.6 Å². The van der Waals surface area contributed by atoms with Crippen molar-refractivity contribution in [3.8, 4) is 11.1 Å². The van der Waals surface area contributed by atoms with Gasteiger partial charge in [0.2, 0.25) is 0 Å². The number of hydrogen-bond donors (Lipinski definition) is 2. The number of rotatable bonds is 9. The quantitative estimate of drug-likeness (QED) is 0.219. The minimum atomic E-state index is -4.51. The van der Waals surface area contributed by atoms with Gasteiger partial charge < -0.3 is 20.1 Å². The number of amides is 3. The summed E-state index contributed by atoms with van der Waals surface area (Å²) in [6, 6.07) is 25.8. The van der Waals surface area contributed by atoms with Crippen LogP contribution >= 0.6 is 0 Å². The highest BCUT2D eigenvalue weighted by molar-refractivity contribution is 7.86. The van der Waals surface area contributed by atoms with Crippen molar-refractivity contribution < 1.29 is 36.2 Å². The van der Waals surface area contributed by atoms with Gasteiger partial charge in [0.15, 0.2) is 5.79 Å². The maximum absolute atomic E-state index is 13.6. The number of ether oxygens (including phenoxy) is 2. The molecule has 1 heterocycles. The van der Waals surface area contributed by atoms with Crippen LogP contribution in [0.5, 0.6) is 0 Å². The lowest BCUT2D eigenvalue weighted by molar-refractivity contribution is -0.146. The van der Waals surface area contributed by atoms with E-state index in [-0.39, 0.29) is 23.6 Å². The molecule has 1 aliphatic heterocycles. The van der Waals surface area contributed by atoms with E-state index in [1.165, 1.54) is 66.7 Å². The lowest BCUT2D eigenvalue weighted by Gasteiger charge is -2.24. The molecule has 1 unspecified atom stereocenters. The Balaban J connectivity index is 1.34. The van der Waals surface area contributed by atoms with Crippen molar-refractivity contribution in [2.75, 3.05) is 23.8 Å². The first-order valence-electron chi connectivity index (χ1n) is 13.6. The second-order valence-corrected chi connectivity index (χ2v) is 11.9. The zero-order chi connectivity index (χ0) is 31.3. The highest BCUT2D eigenvalue weighted by Crippen LogP contribution is 2.27. The molecule has 0 aromatic heterocycles. The Bertz CT molecular complexity index is 1730. The molecule has 4 aromatic rings. The van der Waals surface area contributed by atoms with Crippen LogP contribution in [0.4, 0.5) is 20.6 Å². The van der Waals surface area contributed by atoms with E-state index in [1.54, 1.807) is 44.2 Å². The normalized spacial score (nSPS) is 15.8. The number of carbonyl (C=O) groups is 2. The van der Waals surface area contributed by atoms with E-state index < -0.39 is 39.8 Å². The van der Waals surface area contributed by atoms with Crippen LogP contribution in [0.25, 0.3) is 11.1 Å². The minimum absolute atomic E-state index is 0.104. The van der Waals surface area contributed by atoms with E-state index in [0.717, 1.165) is 5.06 Å². The molecule has 1 saturated heterocycles. The minimum Gasteiger partial charge on any atom is -0.348 e. The lowest BCUT2D eigenvalue weighted by atomic mass is 10.1. The van der Waals surface area contributed by atoms with Gasteiger partial charge in [-0.25, -0.2) is 9.18 Å². The van der Waals surface area contributed by atoms with E-state index in [0.29, 0.717) is 22.5 Å². The Morgan fingerprint density at radius 2 is 1.55 bits per heavy atom. The van der Waals surface area contributed by atoms with Gasteiger partial charge in [-0.15, -0.1) is 4.28 Å². The summed E-state index contributed by atoms with van der Waals surface area (Å²) in [5.41, 5.74) is 2.23. The van der Waals surface area contributed by atoms with Crippen LogP contribution < -0.4 is 10.6 Å². The SMILES string of the molecule is CC1(C)OCC(CN(OS(=O)(=O)c2cccc(-c3ccc(F)cc3)c2)C(=O)c2ccc(NC(=O)Nc3ccccc3)cc2)O1. The van der Waals surface area contributed by atoms with Crippen LogP contribution in [-0.2, 0) is 23.9 Å². The molecule has 2 N–H and O–H groups in total. The molecule has 12 heteroatoms. The van der Waals surface area contributed by atoms with Crippen LogP contribution in [0, 0.1) is 5.82 Å². The zero-order valence-electron chi connectivity index (χ0n) is 23.9. The van der Waals surface area contributed by atoms with Crippen molar-refractivity contribution in [2.24, 2.45) is 0 Å². The average Bonchev–Trinajstić information content (AvgIpc) is 3.35. The van der Waals surface area contributed by atoms with Gasteiger partial charge in [0.05, 0.1) is 18.0 Å². The smallest absolute Gasteiger partial charge is 0.323 e. The van der Waals surface area contributed by atoms with Gasteiger partial charge in [-0.1, -0.05) is 42.5 Å². The summed E-state index contributed by atoms with van der Waals surface area (Å²) in [5, 5.41) is 6.09. The number of para-hydroxylation sites is 1. The first-order valence-corrected chi connectivity index (χ1v) is 15.1. The summed E-state index contributed by atoms with van der Waals surface area (Å²) in [7, 11) is -4.51. The Morgan fingerprint density at radius 3 is 2.18 bits per heavy atom. The van der Waals surface area contributed by atoms with Crippen molar-refractivity contribution >= 4 is 33.4 Å². The fourth-order valence-corrected chi connectivity index (χ4v) is 5.44. The van der Waals surface area contributed by atoms with Crippen molar-refractivity contribution in [3.05, 3.63) is 115 Å². The van der Waals surface area contributed by atoms with Crippen LogP contribution in [-0.4, -0.2) is 50.5 Å². The summed E-state index contributed by atoms with van der Waals surface area (Å²) >= 11 is 0. The molecule has 5 rings (SSSR count). The molecule has 1 fully saturated rings. The highest BCUT2D eigenvalue weighted by Gasteiger charge is 2.36. The van der Waals surface area contributed by atoms with E-state index in [4.69, 9.17) is 13.8 Å². The number of hydrogen-bond acceptors (Lipinski definition) is 7.